The normalized spacial score (nSPS) is 12.0. The van der Waals surface area contributed by atoms with Crippen LogP contribution in [0.2, 0.25) is 0 Å². The Bertz CT molecular complexity index is 707. The minimum atomic E-state index is -0.416. The summed E-state index contributed by atoms with van der Waals surface area (Å²) in [5.74, 6) is -0.534. The van der Waals surface area contributed by atoms with E-state index in [1.807, 2.05) is 30.3 Å². The minimum Gasteiger partial charge on any atom is -0.369 e. The number of primary amides is 1. The molecule has 5 nitrogen and oxygen atoms in total. The number of hydrogen-bond donors (Lipinski definition) is 3. The first-order valence-corrected chi connectivity index (χ1v) is 8.10. The first-order valence-electron chi connectivity index (χ1n) is 8.10. The predicted octanol–water partition coefficient (Wildman–Crippen LogP) is 2.45. The second-order valence-corrected chi connectivity index (χ2v) is 5.72. The van der Waals surface area contributed by atoms with Gasteiger partial charge in [0, 0.05) is 20.1 Å². The number of rotatable bonds is 7. The predicted molar refractivity (Wildman–Crippen MR) is 113 cm³/mol. The summed E-state index contributed by atoms with van der Waals surface area (Å²) in [5, 5.41) is 6.31. The average Bonchev–Trinajstić information content (AvgIpc) is 2.63. The van der Waals surface area contributed by atoms with E-state index in [0.29, 0.717) is 25.5 Å². The van der Waals surface area contributed by atoms with E-state index in [4.69, 9.17) is 5.73 Å². The Balaban J connectivity index is 0.00000338. The summed E-state index contributed by atoms with van der Waals surface area (Å²) < 4.78 is 13.0. The molecule has 0 radical (unpaired) electrons. The van der Waals surface area contributed by atoms with Crippen LogP contribution < -0.4 is 16.4 Å². The van der Waals surface area contributed by atoms with Crippen LogP contribution in [0.4, 0.5) is 4.39 Å². The molecule has 1 unspecified atom stereocenters. The lowest BCUT2D eigenvalue weighted by Crippen LogP contribution is -2.42. The summed E-state index contributed by atoms with van der Waals surface area (Å²) >= 11 is 0. The van der Waals surface area contributed by atoms with Gasteiger partial charge in [-0.25, -0.2) is 4.39 Å². The fourth-order valence-corrected chi connectivity index (χ4v) is 2.40. The highest BCUT2D eigenvalue weighted by atomic mass is 127. The molecule has 2 aromatic carbocycles. The molecule has 26 heavy (non-hydrogen) atoms. The molecule has 0 aliphatic carbocycles. The standard InChI is InChI=1S/C19H23FN4O.HI/c1-22-19(23-12-15-5-3-2-4-6-15)24-13-16(18(21)25)11-14-7-9-17(20)10-8-14;/h2-10,16H,11-13H2,1H3,(H2,21,25)(H2,22,23,24);1H. The Kier molecular flexibility index (Phi) is 9.64. The highest BCUT2D eigenvalue weighted by Gasteiger charge is 2.16. The molecule has 0 spiro atoms. The molecule has 1 amide bonds. The second kappa shape index (κ2) is 11.5. The van der Waals surface area contributed by atoms with Gasteiger partial charge in [-0.1, -0.05) is 42.5 Å². The lowest BCUT2D eigenvalue weighted by atomic mass is 9.98. The molecule has 0 saturated heterocycles. The number of carbonyl (C=O) groups excluding carboxylic acids is 1. The van der Waals surface area contributed by atoms with Crippen LogP contribution in [0.15, 0.2) is 59.6 Å². The number of guanidine groups is 1. The van der Waals surface area contributed by atoms with Crippen LogP contribution >= 0.6 is 24.0 Å². The Morgan fingerprint density at radius 3 is 2.31 bits per heavy atom. The lowest BCUT2D eigenvalue weighted by Gasteiger charge is -2.17. The van der Waals surface area contributed by atoms with Crippen molar-refractivity contribution in [1.82, 2.24) is 10.6 Å². The van der Waals surface area contributed by atoms with Gasteiger partial charge in [0.15, 0.2) is 5.96 Å². The average molecular weight is 470 g/mol. The summed E-state index contributed by atoms with van der Waals surface area (Å²) in [5.41, 5.74) is 7.48. The van der Waals surface area contributed by atoms with Crippen LogP contribution in [0, 0.1) is 11.7 Å². The lowest BCUT2D eigenvalue weighted by molar-refractivity contribution is -0.121. The number of benzene rings is 2. The Morgan fingerprint density at radius 2 is 1.73 bits per heavy atom. The smallest absolute Gasteiger partial charge is 0.222 e. The van der Waals surface area contributed by atoms with Crippen molar-refractivity contribution in [2.45, 2.75) is 13.0 Å². The van der Waals surface area contributed by atoms with Crippen LogP contribution in [0.3, 0.4) is 0 Å². The van der Waals surface area contributed by atoms with Gasteiger partial charge >= 0.3 is 0 Å². The summed E-state index contributed by atoms with van der Waals surface area (Å²) in [6.45, 7) is 0.973. The van der Waals surface area contributed by atoms with E-state index in [1.54, 1.807) is 19.2 Å². The Morgan fingerprint density at radius 1 is 1.08 bits per heavy atom. The zero-order valence-electron chi connectivity index (χ0n) is 14.6. The number of nitrogens with one attached hydrogen (secondary N) is 2. The molecule has 0 heterocycles. The number of hydrogen-bond acceptors (Lipinski definition) is 2. The van der Waals surface area contributed by atoms with Crippen molar-refractivity contribution in [1.29, 1.82) is 0 Å². The molecule has 7 heteroatoms. The molecule has 0 fully saturated rings. The van der Waals surface area contributed by atoms with E-state index >= 15 is 0 Å². The van der Waals surface area contributed by atoms with E-state index in [1.165, 1.54) is 12.1 Å². The molecule has 0 aliphatic heterocycles. The molecule has 1 atom stereocenters. The zero-order chi connectivity index (χ0) is 18.1. The molecule has 0 saturated carbocycles. The highest BCUT2D eigenvalue weighted by molar-refractivity contribution is 14.0. The maximum absolute atomic E-state index is 13.0. The monoisotopic (exact) mass is 470 g/mol. The topological polar surface area (TPSA) is 79.5 Å². The molecule has 0 aromatic heterocycles. The number of amides is 1. The fraction of sp³-hybridized carbons (Fsp3) is 0.263. The Labute approximate surface area is 170 Å². The number of nitrogens with two attached hydrogens (primary N) is 1. The largest absolute Gasteiger partial charge is 0.369 e. The number of aliphatic imine (C=N–C) groups is 1. The highest BCUT2D eigenvalue weighted by Crippen LogP contribution is 2.09. The first kappa shape index (κ1) is 21.9. The third-order valence-electron chi connectivity index (χ3n) is 3.84. The van der Waals surface area contributed by atoms with Gasteiger partial charge in [-0.3, -0.25) is 9.79 Å². The van der Waals surface area contributed by atoms with E-state index in [9.17, 15) is 9.18 Å². The molecule has 0 bridgehead atoms. The summed E-state index contributed by atoms with van der Waals surface area (Å²) in [4.78, 5) is 15.8. The Hall–Kier alpha value is -2.16. The van der Waals surface area contributed by atoms with Crippen LogP contribution in [-0.4, -0.2) is 25.5 Å². The molecule has 0 aliphatic rings. The second-order valence-electron chi connectivity index (χ2n) is 5.72. The number of nitrogens with zero attached hydrogens (tertiary/aromatic N) is 1. The molecular formula is C19H24FIN4O. The van der Waals surface area contributed by atoms with E-state index in [0.717, 1.165) is 11.1 Å². The van der Waals surface area contributed by atoms with Crippen molar-refractivity contribution in [2.24, 2.45) is 16.6 Å². The number of halogens is 2. The van der Waals surface area contributed by atoms with Gasteiger partial charge in [0.1, 0.15) is 5.82 Å². The molecular weight excluding hydrogens is 446 g/mol. The number of carbonyl (C=O) groups is 1. The molecule has 2 aromatic rings. The fourth-order valence-electron chi connectivity index (χ4n) is 2.40. The van der Waals surface area contributed by atoms with Crippen molar-refractivity contribution in [3.05, 3.63) is 71.5 Å². The molecule has 140 valence electrons. The van der Waals surface area contributed by atoms with Crippen molar-refractivity contribution < 1.29 is 9.18 Å². The third-order valence-corrected chi connectivity index (χ3v) is 3.84. The van der Waals surface area contributed by atoms with Crippen molar-refractivity contribution in [2.75, 3.05) is 13.6 Å². The van der Waals surface area contributed by atoms with Crippen LogP contribution in [0.1, 0.15) is 11.1 Å². The zero-order valence-corrected chi connectivity index (χ0v) is 16.9. The van der Waals surface area contributed by atoms with Gasteiger partial charge < -0.3 is 16.4 Å². The summed E-state index contributed by atoms with van der Waals surface area (Å²) in [6, 6.07) is 16.0. The van der Waals surface area contributed by atoms with Gasteiger partial charge in [0.25, 0.3) is 0 Å². The quantitative estimate of drug-likeness (QED) is 0.331. The SMILES string of the molecule is CN=C(NCc1ccccc1)NCC(Cc1ccc(F)cc1)C(N)=O.I. The van der Waals surface area contributed by atoms with Crippen molar-refractivity contribution in [3.63, 3.8) is 0 Å². The minimum absolute atomic E-state index is 0. The van der Waals surface area contributed by atoms with E-state index in [-0.39, 0.29) is 29.8 Å². The van der Waals surface area contributed by atoms with Gasteiger partial charge in [0.05, 0.1) is 5.92 Å². The van der Waals surface area contributed by atoms with Gasteiger partial charge in [-0.15, -0.1) is 24.0 Å². The van der Waals surface area contributed by atoms with Crippen LogP contribution in [-0.2, 0) is 17.8 Å². The van der Waals surface area contributed by atoms with E-state index < -0.39 is 11.8 Å². The third kappa shape index (κ3) is 7.38. The van der Waals surface area contributed by atoms with Crippen LogP contribution in [0.5, 0.6) is 0 Å². The summed E-state index contributed by atoms with van der Waals surface area (Å²) in [7, 11) is 1.67. The maximum Gasteiger partial charge on any atom is 0.222 e. The van der Waals surface area contributed by atoms with Crippen molar-refractivity contribution >= 4 is 35.8 Å². The van der Waals surface area contributed by atoms with Gasteiger partial charge in [-0.2, -0.15) is 0 Å². The van der Waals surface area contributed by atoms with Gasteiger partial charge in [-0.05, 0) is 29.7 Å². The van der Waals surface area contributed by atoms with Gasteiger partial charge in [0.2, 0.25) is 5.91 Å². The molecule has 2 rings (SSSR count). The van der Waals surface area contributed by atoms with Crippen molar-refractivity contribution in [3.8, 4) is 0 Å². The maximum atomic E-state index is 13.0. The van der Waals surface area contributed by atoms with Crippen LogP contribution in [0.25, 0.3) is 0 Å². The summed E-state index contributed by atoms with van der Waals surface area (Å²) in [6.07, 6.45) is 0.443. The first-order chi connectivity index (χ1) is 12.1. The van der Waals surface area contributed by atoms with E-state index in [2.05, 4.69) is 15.6 Å². The molecule has 4 N–H and O–H groups in total.